The number of nitrogens with zero attached hydrogens (tertiary/aromatic N) is 2. The summed E-state index contributed by atoms with van der Waals surface area (Å²) in [5.74, 6) is 0.956. The smallest absolute Gasteiger partial charge is 0.227 e. The summed E-state index contributed by atoms with van der Waals surface area (Å²) in [6, 6.07) is 7.87. The summed E-state index contributed by atoms with van der Waals surface area (Å²) in [7, 11) is 1.61. The Morgan fingerprint density at radius 1 is 1.45 bits per heavy atom. The lowest BCUT2D eigenvalue weighted by Crippen LogP contribution is -2.35. The zero-order valence-corrected chi connectivity index (χ0v) is 13.1. The zero-order chi connectivity index (χ0) is 15.9. The maximum Gasteiger partial charge on any atom is 0.227 e. The second kappa shape index (κ2) is 7.70. The van der Waals surface area contributed by atoms with E-state index in [-0.39, 0.29) is 11.9 Å². The molecule has 0 unspecified atom stereocenters. The Balaban J connectivity index is 1.88. The lowest BCUT2D eigenvalue weighted by Gasteiger charge is -2.11. The van der Waals surface area contributed by atoms with Crippen LogP contribution in [0.15, 0.2) is 28.8 Å². The summed E-state index contributed by atoms with van der Waals surface area (Å²) in [5.41, 5.74) is 2.04. The van der Waals surface area contributed by atoms with E-state index >= 15 is 0 Å². The van der Waals surface area contributed by atoms with Gasteiger partial charge in [-0.15, -0.1) is 0 Å². The molecule has 2 aromatic rings. The van der Waals surface area contributed by atoms with Gasteiger partial charge in [0.2, 0.25) is 17.6 Å². The summed E-state index contributed by atoms with van der Waals surface area (Å²) in [5, 5.41) is 6.80. The summed E-state index contributed by atoms with van der Waals surface area (Å²) in [4.78, 5) is 16.1. The van der Waals surface area contributed by atoms with Gasteiger partial charge in [0.25, 0.3) is 0 Å². The monoisotopic (exact) mass is 303 g/mol. The van der Waals surface area contributed by atoms with E-state index in [1.165, 1.54) is 0 Å². The van der Waals surface area contributed by atoms with Crippen LogP contribution in [0, 0.1) is 6.92 Å². The number of hydrogen-bond donors (Lipinski definition) is 1. The molecular formula is C16H21N3O3. The van der Waals surface area contributed by atoms with Crippen LogP contribution >= 0.6 is 0 Å². The lowest BCUT2D eigenvalue weighted by atomic mass is 10.1. The molecule has 0 aliphatic heterocycles. The molecule has 1 heterocycles. The third-order valence-corrected chi connectivity index (χ3v) is 3.13. The van der Waals surface area contributed by atoms with Gasteiger partial charge in [-0.05, 0) is 19.9 Å². The van der Waals surface area contributed by atoms with E-state index in [1.54, 1.807) is 7.11 Å². The second-order valence-electron chi connectivity index (χ2n) is 5.31. The highest BCUT2D eigenvalue weighted by molar-refractivity contribution is 5.76. The number of rotatable bonds is 7. The van der Waals surface area contributed by atoms with E-state index < -0.39 is 0 Å². The highest BCUT2D eigenvalue weighted by Gasteiger charge is 2.12. The maximum atomic E-state index is 11.8. The van der Waals surface area contributed by atoms with Crippen molar-refractivity contribution in [1.82, 2.24) is 15.5 Å². The lowest BCUT2D eigenvalue weighted by molar-refractivity contribution is -0.122. The van der Waals surface area contributed by atoms with Gasteiger partial charge < -0.3 is 14.6 Å². The molecule has 0 saturated heterocycles. The summed E-state index contributed by atoms with van der Waals surface area (Å²) < 4.78 is 10.2. The van der Waals surface area contributed by atoms with E-state index in [0.29, 0.717) is 31.2 Å². The average Bonchev–Trinajstić information content (AvgIpc) is 2.94. The van der Waals surface area contributed by atoms with Crippen molar-refractivity contribution < 1.29 is 14.1 Å². The van der Waals surface area contributed by atoms with Crippen LogP contribution in [0.1, 0.15) is 24.8 Å². The molecule has 1 atom stereocenters. The highest BCUT2D eigenvalue weighted by Crippen LogP contribution is 2.17. The molecule has 0 spiro atoms. The van der Waals surface area contributed by atoms with Crippen molar-refractivity contribution in [3.05, 3.63) is 35.7 Å². The van der Waals surface area contributed by atoms with Crippen LogP contribution in [0.2, 0.25) is 0 Å². The first kappa shape index (κ1) is 16.2. The Hall–Kier alpha value is -2.21. The number of nitrogens with one attached hydrogen (secondary N) is 1. The van der Waals surface area contributed by atoms with Crippen LogP contribution in [0.25, 0.3) is 11.4 Å². The number of carbonyl (C=O) groups is 1. The van der Waals surface area contributed by atoms with Gasteiger partial charge in [-0.25, -0.2) is 0 Å². The van der Waals surface area contributed by atoms with Crippen molar-refractivity contribution in [3.8, 4) is 11.4 Å². The number of amides is 1. The van der Waals surface area contributed by atoms with Crippen molar-refractivity contribution >= 4 is 5.91 Å². The number of aryl methyl sites for hydroxylation is 2. The molecule has 1 amide bonds. The van der Waals surface area contributed by atoms with E-state index in [2.05, 4.69) is 15.5 Å². The quantitative estimate of drug-likeness (QED) is 0.848. The maximum absolute atomic E-state index is 11.8. The van der Waals surface area contributed by atoms with Crippen molar-refractivity contribution in [2.24, 2.45) is 0 Å². The predicted octanol–water partition coefficient (Wildman–Crippen LogP) is 2.13. The van der Waals surface area contributed by atoms with Gasteiger partial charge in [-0.3, -0.25) is 4.79 Å². The number of aromatic nitrogens is 2. The topological polar surface area (TPSA) is 77.2 Å². The molecule has 0 bridgehead atoms. The first-order chi connectivity index (χ1) is 10.6. The molecule has 1 N–H and O–H groups in total. The number of carbonyl (C=O) groups excluding carboxylic acids is 1. The van der Waals surface area contributed by atoms with Crippen LogP contribution in [-0.2, 0) is 16.0 Å². The van der Waals surface area contributed by atoms with Gasteiger partial charge in [0.15, 0.2) is 0 Å². The molecule has 0 fully saturated rings. The normalized spacial score (nSPS) is 12.1. The van der Waals surface area contributed by atoms with Crippen LogP contribution in [0.5, 0.6) is 0 Å². The van der Waals surface area contributed by atoms with E-state index in [1.807, 2.05) is 38.1 Å². The molecule has 6 heteroatoms. The van der Waals surface area contributed by atoms with Crippen molar-refractivity contribution in [3.63, 3.8) is 0 Å². The Morgan fingerprint density at radius 3 is 3.00 bits per heavy atom. The van der Waals surface area contributed by atoms with Crippen molar-refractivity contribution in [2.45, 2.75) is 32.7 Å². The van der Waals surface area contributed by atoms with E-state index in [0.717, 1.165) is 11.1 Å². The SMILES string of the molecule is COC[C@@H](C)NC(=O)CCc1nc(-c2cccc(C)c2)no1. The molecule has 118 valence electrons. The van der Waals surface area contributed by atoms with E-state index in [4.69, 9.17) is 9.26 Å². The fourth-order valence-electron chi connectivity index (χ4n) is 2.12. The van der Waals surface area contributed by atoms with Crippen molar-refractivity contribution in [1.29, 1.82) is 0 Å². The third-order valence-electron chi connectivity index (χ3n) is 3.13. The third kappa shape index (κ3) is 4.66. The van der Waals surface area contributed by atoms with Crippen LogP contribution in [-0.4, -0.2) is 35.8 Å². The van der Waals surface area contributed by atoms with Crippen LogP contribution < -0.4 is 5.32 Å². The molecule has 0 saturated carbocycles. The Bertz CT molecular complexity index is 625. The first-order valence-electron chi connectivity index (χ1n) is 7.26. The molecule has 6 nitrogen and oxygen atoms in total. The molecule has 22 heavy (non-hydrogen) atoms. The predicted molar refractivity (Wildman–Crippen MR) is 82.3 cm³/mol. The van der Waals surface area contributed by atoms with Crippen LogP contribution in [0.3, 0.4) is 0 Å². The van der Waals surface area contributed by atoms with Gasteiger partial charge in [0, 0.05) is 31.6 Å². The number of methoxy groups -OCH3 is 1. The molecular weight excluding hydrogens is 282 g/mol. The Morgan fingerprint density at radius 2 is 2.27 bits per heavy atom. The first-order valence-corrected chi connectivity index (χ1v) is 7.26. The van der Waals surface area contributed by atoms with Gasteiger partial charge in [0.1, 0.15) is 0 Å². The summed E-state index contributed by atoms with van der Waals surface area (Å²) in [6.45, 7) is 4.39. The summed E-state index contributed by atoms with van der Waals surface area (Å²) in [6.07, 6.45) is 0.730. The fraction of sp³-hybridized carbons (Fsp3) is 0.438. The van der Waals surface area contributed by atoms with Gasteiger partial charge in [-0.1, -0.05) is 28.9 Å². The highest BCUT2D eigenvalue weighted by atomic mass is 16.5. The number of benzene rings is 1. The minimum Gasteiger partial charge on any atom is -0.383 e. The molecule has 2 rings (SSSR count). The molecule has 1 aromatic carbocycles. The molecule has 0 radical (unpaired) electrons. The number of hydrogen-bond acceptors (Lipinski definition) is 5. The molecule has 0 aliphatic rings. The second-order valence-corrected chi connectivity index (χ2v) is 5.31. The van der Waals surface area contributed by atoms with Gasteiger partial charge in [-0.2, -0.15) is 4.98 Å². The summed E-state index contributed by atoms with van der Waals surface area (Å²) >= 11 is 0. The standard InChI is InChI=1S/C16H21N3O3/c1-11-5-4-6-13(9-11)16-18-15(22-19-16)8-7-14(20)17-12(2)10-21-3/h4-6,9,12H,7-8,10H2,1-3H3,(H,17,20)/t12-/m1/s1. The Kier molecular flexibility index (Phi) is 5.66. The van der Waals surface area contributed by atoms with E-state index in [9.17, 15) is 4.79 Å². The minimum absolute atomic E-state index is 0.0111. The Labute approximate surface area is 129 Å². The molecule has 0 aliphatic carbocycles. The largest absolute Gasteiger partial charge is 0.383 e. The average molecular weight is 303 g/mol. The van der Waals surface area contributed by atoms with Crippen LogP contribution in [0.4, 0.5) is 0 Å². The van der Waals surface area contributed by atoms with Gasteiger partial charge in [0.05, 0.1) is 6.61 Å². The zero-order valence-electron chi connectivity index (χ0n) is 13.1. The number of ether oxygens (including phenoxy) is 1. The van der Waals surface area contributed by atoms with Crippen molar-refractivity contribution in [2.75, 3.05) is 13.7 Å². The minimum atomic E-state index is -0.0557. The molecule has 1 aromatic heterocycles. The fourth-order valence-corrected chi connectivity index (χ4v) is 2.12. The van der Waals surface area contributed by atoms with Gasteiger partial charge >= 0.3 is 0 Å².